The predicted molar refractivity (Wildman–Crippen MR) is 125 cm³/mol. The lowest BCUT2D eigenvalue weighted by Crippen LogP contribution is -2.61. The van der Waals surface area contributed by atoms with Crippen LogP contribution in [0.5, 0.6) is 0 Å². The molecule has 3 aromatic heterocycles. The minimum absolute atomic E-state index is 0.0118. The fourth-order valence-electron chi connectivity index (χ4n) is 4.17. The van der Waals surface area contributed by atoms with Gasteiger partial charge in [0.1, 0.15) is 5.69 Å². The number of benzene rings is 1. The third-order valence-electron chi connectivity index (χ3n) is 6.40. The first-order valence-corrected chi connectivity index (χ1v) is 11.7. The van der Waals surface area contributed by atoms with Crippen LogP contribution in [0.25, 0.3) is 22.7 Å². The Balaban J connectivity index is 1.07. The van der Waals surface area contributed by atoms with Crippen LogP contribution < -0.4 is 5.32 Å². The number of amides is 1. The van der Waals surface area contributed by atoms with E-state index in [1.807, 2.05) is 24.3 Å². The average molecular weight is 508 g/mol. The molecule has 4 aromatic rings. The standard InChI is InChI=1S/C24H22F2N8O3/c25-21(26)24-31-30-23(37-24)15-4-5-18(27-7-15)10-34-11-20(29-32-34)14-2-1-3-17(6-14)28-22(35)16-8-33(9-16)19-12-36-13-19/h1-7,11,16,19,21H,8-10,12-13H2,(H,28,35). The molecule has 2 aliphatic rings. The number of nitrogens with one attached hydrogen (secondary N) is 1. The minimum atomic E-state index is -2.83. The lowest BCUT2D eigenvalue weighted by Gasteiger charge is -2.46. The summed E-state index contributed by atoms with van der Waals surface area (Å²) in [6.45, 7) is 3.37. The van der Waals surface area contributed by atoms with Gasteiger partial charge in [-0.2, -0.15) is 8.78 Å². The van der Waals surface area contributed by atoms with Crippen molar-refractivity contribution >= 4 is 11.6 Å². The summed E-state index contributed by atoms with van der Waals surface area (Å²) in [5.74, 6) is -0.757. The van der Waals surface area contributed by atoms with Gasteiger partial charge in [0.15, 0.2) is 0 Å². The molecule has 37 heavy (non-hydrogen) atoms. The average Bonchev–Trinajstić information content (AvgIpc) is 3.51. The van der Waals surface area contributed by atoms with Crippen LogP contribution in [0.3, 0.4) is 0 Å². The van der Waals surface area contributed by atoms with E-state index in [9.17, 15) is 13.6 Å². The molecule has 0 spiro atoms. The Hall–Kier alpha value is -4.10. The van der Waals surface area contributed by atoms with E-state index in [0.29, 0.717) is 35.2 Å². The van der Waals surface area contributed by atoms with Crippen LogP contribution >= 0.6 is 0 Å². The molecule has 0 bridgehead atoms. The molecule has 0 radical (unpaired) electrons. The zero-order valence-electron chi connectivity index (χ0n) is 19.5. The number of nitrogens with zero attached hydrogens (tertiary/aromatic N) is 7. The lowest BCUT2D eigenvalue weighted by atomic mass is 9.96. The number of carbonyl (C=O) groups excluding carboxylic acids is 1. The van der Waals surface area contributed by atoms with Crippen molar-refractivity contribution in [2.45, 2.75) is 19.0 Å². The van der Waals surface area contributed by atoms with Crippen LogP contribution in [-0.2, 0) is 16.1 Å². The van der Waals surface area contributed by atoms with Crippen molar-refractivity contribution in [3.63, 3.8) is 0 Å². The largest absolute Gasteiger partial charge is 0.415 e. The molecule has 0 unspecified atom stereocenters. The second-order valence-electron chi connectivity index (χ2n) is 9.00. The second-order valence-corrected chi connectivity index (χ2v) is 9.00. The number of hydrogen-bond acceptors (Lipinski definition) is 9. The Labute approximate surface area is 209 Å². The maximum atomic E-state index is 12.7. The van der Waals surface area contributed by atoms with Crippen LogP contribution in [-0.4, -0.2) is 73.3 Å². The van der Waals surface area contributed by atoms with Gasteiger partial charge in [0.05, 0.1) is 49.2 Å². The number of aromatic nitrogens is 6. The molecule has 190 valence electrons. The first-order valence-electron chi connectivity index (χ1n) is 11.7. The van der Waals surface area contributed by atoms with Gasteiger partial charge in [-0.1, -0.05) is 17.3 Å². The second kappa shape index (κ2) is 9.75. The van der Waals surface area contributed by atoms with E-state index in [-0.39, 0.29) is 17.7 Å². The third kappa shape index (κ3) is 4.95. The number of ether oxygens (including phenoxy) is 1. The van der Waals surface area contributed by atoms with E-state index in [0.717, 1.165) is 31.9 Å². The molecule has 5 heterocycles. The Kier molecular flexibility index (Phi) is 6.14. The van der Waals surface area contributed by atoms with Crippen LogP contribution in [0.15, 0.2) is 53.2 Å². The highest BCUT2D eigenvalue weighted by Crippen LogP contribution is 2.26. The summed E-state index contributed by atoms with van der Waals surface area (Å²) in [7, 11) is 0. The molecular weight excluding hydrogens is 486 g/mol. The molecule has 0 aliphatic carbocycles. The van der Waals surface area contributed by atoms with Crippen molar-refractivity contribution in [1.82, 2.24) is 35.1 Å². The number of anilines is 1. The topological polar surface area (TPSA) is 124 Å². The minimum Gasteiger partial charge on any atom is -0.415 e. The number of pyridine rings is 1. The van der Waals surface area contributed by atoms with E-state index < -0.39 is 12.3 Å². The molecule has 6 rings (SSSR count). The smallest absolute Gasteiger partial charge is 0.314 e. The van der Waals surface area contributed by atoms with Gasteiger partial charge < -0.3 is 14.5 Å². The number of hydrogen-bond donors (Lipinski definition) is 1. The highest BCUT2D eigenvalue weighted by Gasteiger charge is 2.39. The van der Waals surface area contributed by atoms with Crippen LogP contribution in [0.1, 0.15) is 18.0 Å². The summed E-state index contributed by atoms with van der Waals surface area (Å²) in [5, 5.41) is 18.4. The maximum Gasteiger partial charge on any atom is 0.314 e. The number of alkyl halides is 2. The molecule has 1 N–H and O–H groups in total. The quantitative estimate of drug-likeness (QED) is 0.382. The van der Waals surface area contributed by atoms with E-state index in [1.54, 1.807) is 23.0 Å². The van der Waals surface area contributed by atoms with E-state index >= 15 is 0 Å². The third-order valence-corrected chi connectivity index (χ3v) is 6.40. The number of carbonyl (C=O) groups is 1. The zero-order chi connectivity index (χ0) is 25.4. The normalized spacial score (nSPS) is 16.5. The fraction of sp³-hybridized carbons (Fsp3) is 0.333. The molecule has 0 atom stereocenters. The summed E-state index contributed by atoms with van der Waals surface area (Å²) in [6, 6.07) is 11.3. The number of rotatable bonds is 8. The molecule has 2 fully saturated rings. The zero-order valence-corrected chi connectivity index (χ0v) is 19.5. The molecule has 1 amide bonds. The number of likely N-dealkylation sites (tertiary alicyclic amines) is 1. The van der Waals surface area contributed by atoms with Crippen LogP contribution in [0, 0.1) is 5.92 Å². The Bertz CT molecular complexity index is 1400. The Morgan fingerprint density at radius 1 is 1.11 bits per heavy atom. The van der Waals surface area contributed by atoms with Crippen molar-refractivity contribution in [3.8, 4) is 22.7 Å². The summed E-state index contributed by atoms with van der Waals surface area (Å²) < 4.78 is 37.1. The van der Waals surface area contributed by atoms with Crippen molar-refractivity contribution in [3.05, 3.63) is 60.4 Å². The van der Waals surface area contributed by atoms with Gasteiger partial charge in [-0.05, 0) is 24.3 Å². The summed E-state index contributed by atoms with van der Waals surface area (Å²) >= 11 is 0. The van der Waals surface area contributed by atoms with Crippen molar-refractivity contribution in [2.24, 2.45) is 5.92 Å². The monoisotopic (exact) mass is 508 g/mol. The molecule has 13 heteroatoms. The maximum absolute atomic E-state index is 12.7. The summed E-state index contributed by atoms with van der Waals surface area (Å²) in [4.78, 5) is 19.2. The van der Waals surface area contributed by atoms with Crippen LogP contribution in [0.2, 0.25) is 0 Å². The highest BCUT2D eigenvalue weighted by molar-refractivity contribution is 5.94. The molecule has 1 aromatic carbocycles. The van der Waals surface area contributed by atoms with Gasteiger partial charge in [0.2, 0.25) is 11.8 Å². The van der Waals surface area contributed by atoms with E-state index in [2.05, 4.69) is 35.7 Å². The molecule has 11 nitrogen and oxygen atoms in total. The van der Waals surface area contributed by atoms with Gasteiger partial charge in [-0.25, -0.2) is 4.68 Å². The Morgan fingerprint density at radius 3 is 2.68 bits per heavy atom. The summed E-state index contributed by atoms with van der Waals surface area (Å²) in [6.07, 6.45) is 0.436. The van der Waals surface area contributed by atoms with E-state index in [4.69, 9.17) is 9.15 Å². The molecule has 2 aliphatic heterocycles. The summed E-state index contributed by atoms with van der Waals surface area (Å²) in [5.41, 5.74) is 3.29. The van der Waals surface area contributed by atoms with Gasteiger partial charge in [-0.15, -0.1) is 15.3 Å². The first kappa shape index (κ1) is 23.3. The van der Waals surface area contributed by atoms with Crippen molar-refractivity contribution in [1.29, 1.82) is 0 Å². The van der Waals surface area contributed by atoms with Gasteiger partial charge in [0, 0.05) is 30.5 Å². The fourth-order valence-corrected chi connectivity index (χ4v) is 4.17. The predicted octanol–water partition coefficient (Wildman–Crippen LogP) is 2.65. The van der Waals surface area contributed by atoms with Crippen LogP contribution in [0.4, 0.5) is 14.5 Å². The SMILES string of the molecule is O=C(Nc1cccc(-c2cn(Cc3ccc(-c4nnc(C(F)F)o4)cn3)nn2)c1)C1CN(C2COC2)C1. The molecular formula is C24H22F2N8O3. The van der Waals surface area contributed by atoms with Gasteiger partial charge in [0.25, 0.3) is 5.89 Å². The van der Waals surface area contributed by atoms with Gasteiger partial charge >= 0.3 is 6.43 Å². The van der Waals surface area contributed by atoms with Crippen molar-refractivity contribution in [2.75, 3.05) is 31.6 Å². The van der Waals surface area contributed by atoms with Crippen molar-refractivity contribution < 1.29 is 22.7 Å². The van der Waals surface area contributed by atoms with Gasteiger partial charge in [-0.3, -0.25) is 14.7 Å². The molecule has 2 saturated heterocycles. The number of halogens is 2. The van der Waals surface area contributed by atoms with E-state index in [1.165, 1.54) is 6.20 Å². The highest BCUT2D eigenvalue weighted by atomic mass is 19.3. The Morgan fingerprint density at radius 2 is 1.97 bits per heavy atom. The molecule has 0 saturated carbocycles. The lowest BCUT2D eigenvalue weighted by molar-refractivity contribution is -0.135. The first-order chi connectivity index (χ1) is 18.0.